The summed E-state index contributed by atoms with van der Waals surface area (Å²) in [4.78, 5) is 22.4. The van der Waals surface area contributed by atoms with Crippen molar-refractivity contribution in [3.8, 4) is 0 Å². The third kappa shape index (κ3) is 9.81. The van der Waals surface area contributed by atoms with E-state index >= 15 is 0 Å². The molecule has 1 unspecified atom stereocenters. The number of esters is 1. The molecule has 0 aromatic carbocycles. The number of carbonyl (C=O) groups excluding carboxylic acids is 2. The number of nitrogens with one attached hydrogen (secondary N) is 2. The fourth-order valence-electron chi connectivity index (χ4n) is 1.20. The Labute approximate surface area is 103 Å². The summed E-state index contributed by atoms with van der Waals surface area (Å²) in [5.41, 5.74) is 0. The molecular formula is C12H24N2O3. The van der Waals surface area contributed by atoms with E-state index < -0.39 is 0 Å². The maximum absolute atomic E-state index is 11.4. The topological polar surface area (TPSA) is 67.4 Å². The maximum atomic E-state index is 11.4. The summed E-state index contributed by atoms with van der Waals surface area (Å²) in [6, 6.07) is 0.224. The van der Waals surface area contributed by atoms with Gasteiger partial charge in [0.1, 0.15) is 0 Å². The number of hydrogen-bond acceptors (Lipinski definition) is 4. The number of hydrogen-bond donors (Lipinski definition) is 2. The minimum atomic E-state index is -0.205. The highest BCUT2D eigenvalue weighted by Gasteiger charge is 2.05. The van der Waals surface area contributed by atoms with E-state index in [4.69, 9.17) is 4.74 Å². The zero-order valence-electron chi connectivity index (χ0n) is 11.0. The van der Waals surface area contributed by atoms with Crippen LogP contribution < -0.4 is 10.6 Å². The molecule has 17 heavy (non-hydrogen) atoms. The van der Waals surface area contributed by atoms with E-state index in [0.29, 0.717) is 32.5 Å². The predicted molar refractivity (Wildman–Crippen MR) is 66.6 cm³/mol. The van der Waals surface area contributed by atoms with Gasteiger partial charge in [-0.2, -0.15) is 0 Å². The summed E-state index contributed by atoms with van der Waals surface area (Å²) in [5, 5.41) is 5.91. The molecular weight excluding hydrogens is 220 g/mol. The lowest BCUT2D eigenvalue weighted by Gasteiger charge is -2.11. The van der Waals surface area contributed by atoms with Crippen LogP contribution in [0.2, 0.25) is 0 Å². The number of amides is 1. The SMILES string of the molecule is CCOC(=O)CCNCCC(=O)NC(C)CC. The summed E-state index contributed by atoms with van der Waals surface area (Å²) in [7, 11) is 0. The average Bonchev–Trinajstić information content (AvgIpc) is 2.28. The molecule has 1 atom stereocenters. The minimum absolute atomic E-state index is 0.0444. The molecule has 0 aliphatic carbocycles. The van der Waals surface area contributed by atoms with Crippen molar-refractivity contribution in [1.29, 1.82) is 0 Å². The Bertz CT molecular complexity index is 232. The van der Waals surface area contributed by atoms with E-state index in [1.807, 2.05) is 13.8 Å². The van der Waals surface area contributed by atoms with Crippen LogP contribution >= 0.6 is 0 Å². The van der Waals surface area contributed by atoms with Crippen LogP contribution in [0.3, 0.4) is 0 Å². The minimum Gasteiger partial charge on any atom is -0.466 e. The number of ether oxygens (including phenoxy) is 1. The first-order valence-electron chi connectivity index (χ1n) is 6.25. The largest absolute Gasteiger partial charge is 0.466 e. The van der Waals surface area contributed by atoms with E-state index in [1.165, 1.54) is 0 Å². The van der Waals surface area contributed by atoms with Crippen LogP contribution in [0.1, 0.15) is 40.0 Å². The number of carbonyl (C=O) groups is 2. The third-order valence-electron chi connectivity index (χ3n) is 2.36. The van der Waals surface area contributed by atoms with Gasteiger partial charge >= 0.3 is 5.97 Å². The van der Waals surface area contributed by atoms with E-state index in [1.54, 1.807) is 6.92 Å². The summed E-state index contributed by atoms with van der Waals surface area (Å²) in [6.45, 7) is 7.34. The van der Waals surface area contributed by atoms with Gasteiger partial charge in [0.05, 0.1) is 13.0 Å². The average molecular weight is 244 g/mol. The molecule has 0 saturated carbocycles. The van der Waals surface area contributed by atoms with Crippen LogP contribution in [0.25, 0.3) is 0 Å². The molecule has 0 bridgehead atoms. The van der Waals surface area contributed by atoms with Gasteiger partial charge in [-0.05, 0) is 20.3 Å². The van der Waals surface area contributed by atoms with Crippen molar-refractivity contribution in [2.75, 3.05) is 19.7 Å². The molecule has 0 spiro atoms. The van der Waals surface area contributed by atoms with Crippen LogP contribution in [0, 0.1) is 0 Å². The van der Waals surface area contributed by atoms with Gasteiger partial charge in [-0.1, -0.05) is 6.92 Å². The Morgan fingerprint density at radius 1 is 1.18 bits per heavy atom. The van der Waals surface area contributed by atoms with Gasteiger partial charge in [-0.15, -0.1) is 0 Å². The van der Waals surface area contributed by atoms with Gasteiger partial charge < -0.3 is 15.4 Å². The van der Waals surface area contributed by atoms with Gasteiger partial charge in [0.25, 0.3) is 0 Å². The lowest BCUT2D eigenvalue weighted by Crippen LogP contribution is -2.34. The molecule has 5 heteroatoms. The fourth-order valence-corrected chi connectivity index (χ4v) is 1.20. The molecule has 0 aliphatic rings. The van der Waals surface area contributed by atoms with Crippen LogP contribution in [0.5, 0.6) is 0 Å². The maximum Gasteiger partial charge on any atom is 0.307 e. The molecule has 100 valence electrons. The number of rotatable bonds is 9. The van der Waals surface area contributed by atoms with E-state index in [9.17, 15) is 9.59 Å². The Balaban J connectivity index is 3.39. The lowest BCUT2D eigenvalue weighted by atomic mass is 10.2. The van der Waals surface area contributed by atoms with Gasteiger partial charge in [-0.3, -0.25) is 9.59 Å². The molecule has 2 N–H and O–H groups in total. The quantitative estimate of drug-likeness (QED) is 0.466. The highest BCUT2D eigenvalue weighted by molar-refractivity contribution is 5.76. The van der Waals surface area contributed by atoms with Crippen molar-refractivity contribution in [2.24, 2.45) is 0 Å². The van der Waals surface area contributed by atoms with Crippen molar-refractivity contribution in [3.05, 3.63) is 0 Å². The third-order valence-corrected chi connectivity index (χ3v) is 2.36. The van der Waals surface area contributed by atoms with Crippen molar-refractivity contribution >= 4 is 11.9 Å². The Morgan fingerprint density at radius 3 is 2.41 bits per heavy atom. The molecule has 0 rings (SSSR count). The first-order chi connectivity index (χ1) is 8.10. The summed E-state index contributed by atoms with van der Waals surface area (Å²) in [5.74, 6) is -0.160. The highest BCUT2D eigenvalue weighted by Crippen LogP contribution is 1.89. The second-order valence-electron chi connectivity index (χ2n) is 3.93. The van der Waals surface area contributed by atoms with Crippen molar-refractivity contribution in [3.63, 3.8) is 0 Å². The highest BCUT2D eigenvalue weighted by atomic mass is 16.5. The monoisotopic (exact) mass is 244 g/mol. The van der Waals surface area contributed by atoms with Crippen LogP contribution in [0.15, 0.2) is 0 Å². The summed E-state index contributed by atoms with van der Waals surface area (Å²) >= 11 is 0. The fraction of sp³-hybridized carbons (Fsp3) is 0.833. The second kappa shape index (κ2) is 10.1. The Hall–Kier alpha value is -1.10. The molecule has 0 aliphatic heterocycles. The smallest absolute Gasteiger partial charge is 0.307 e. The molecule has 0 fully saturated rings. The lowest BCUT2D eigenvalue weighted by molar-refractivity contribution is -0.142. The van der Waals surface area contributed by atoms with Crippen molar-refractivity contribution < 1.29 is 14.3 Å². The molecule has 0 aromatic rings. The van der Waals surface area contributed by atoms with Gasteiger partial charge in [0, 0.05) is 25.6 Å². The first kappa shape index (κ1) is 15.9. The van der Waals surface area contributed by atoms with Gasteiger partial charge in [0.15, 0.2) is 0 Å². The predicted octanol–water partition coefficient (Wildman–Crippen LogP) is 0.834. The summed E-state index contributed by atoms with van der Waals surface area (Å²) in [6.07, 6.45) is 1.72. The van der Waals surface area contributed by atoms with E-state index in [0.717, 1.165) is 6.42 Å². The molecule has 0 radical (unpaired) electrons. The van der Waals surface area contributed by atoms with Crippen LogP contribution in [-0.4, -0.2) is 37.6 Å². The Kier molecular flexibility index (Phi) is 9.43. The zero-order chi connectivity index (χ0) is 13.1. The summed E-state index contributed by atoms with van der Waals surface area (Å²) < 4.78 is 4.78. The van der Waals surface area contributed by atoms with Gasteiger partial charge in [-0.25, -0.2) is 0 Å². The molecule has 1 amide bonds. The molecule has 0 aromatic heterocycles. The van der Waals surface area contributed by atoms with Crippen LogP contribution in [0.4, 0.5) is 0 Å². The van der Waals surface area contributed by atoms with E-state index in [2.05, 4.69) is 10.6 Å². The zero-order valence-corrected chi connectivity index (χ0v) is 11.0. The Morgan fingerprint density at radius 2 is 1.82 bits per heavy atom. The van der Waals surface area contributed by atoms with Crippen LogP contribution in [-0.2, 0) is 14.3 Å². The molecule has 0 saturated heterocycles. The van der Waals surface area contributed by atoms with E-state index in [-0.39, 0.29) is 17.9 Å². The first-order valence-corrected chi connectivity index (χ1v) is 6.25. The standard InChI is InChI=1S/C12H24N2O3/c1-4-10(3)14-11(15)6-8-13-9-7-12(16)17-5-2/h10,13H,4-9H2,1-3H3,(H,14,15). The van der Waals surface area contributed by atoms with Crippen molar-refractivity contribution in [1.82, 2.24) is 10.6 Å². The molecule has 5 nitrogen and oxygen atoms in total. The van der Waals surface area contributed by atoms with Crippen molar-refractivity contribution in [2.45, 2.75) is 46.1 Å². The van der Waals surface area contributed by atoms with Gasteiger partial charge in [0.2, 0.25) is 5.91 Å². The normalized spacial score (nSPS) is 11.9. The molecule has 0 heterocycles. The second-order valence-corrected chi connectivity index (χ2v) is 3.93.